The van der Waals surface area contributed by atoms with Crippen molar-refractivity contribution in [2.45, 2.75) is 181 Å². The van der Waals surface area contributed by atoms with Crippen LogP contribution in [0.2, 0.25) is 0 Å². The Kier molecular flexibility index (Phi) is 29.8. The molecule has 0 aliphatic carbocycles. The van der Waals surface area contributed by atoms with Crippen LogP contribution in [-0.4, -0.2) is 93.7 Å². The fourth-order valence-corrected chi connectivity index (χ4v) is 9.95. The van der Waals surface area contributed by atoms with E-state index in [1.807, 2.05) is 0 Å². The van der Waals surface area contributed by atoms with E-state index >= 15 is 0 Å². The van der Waals surface area contributed by atoms with Gasteiger partial charge >= 0.3 is 0 Å². The van der Waals surface area contributed by atoms with Crippen LogP contribution in [0.1, 0.15) is 181 Å². The molecule has 0 bridgehead atoms. The molecule has 0 aromatic heterocycles. The Hall–Kier alpha value is 0.400. The fourth-order valence-electron chi connectivity index (χ4n) is 7.19. The molecular weight excluding hydrogens is 665 g/mol. The highest BCUT2D eigenvalue weighted by Gasteiger charge is 2.22. The van der Waals surface area contributed by atoms with Crippen molar-refractivity contribution >= 4 is 54.7 Å². The zero-order valence-corrected chi connectivity index (χ0v) is 35.1. The van der Waals surface area contributed by atoms with Crippen molar-refractivity contribution < 1.29 is 0 Å². The quantitative estimate of drug-likeness (QED) is 0.0441. The fraction of sp³-hybridized carbons (Fsp3) is 0.950. The van der Waals surface area contributed by atoms with Crippen LogP contribution in [0.15, 0.2) is 0 Å². The molecule has 0 N–H and O–H groups in total. The summed E-state index contributed by atoms with van der Waals surface area (Å²) in [6.45, 7) is 16.0. The molecule has 0 amide bonds. The van der Waals surface area contributed by atoms with Crippen molar-refractivity contribution in [2.75, 3.05) is 65.4 Å². The molecule has 0 atom stereocenters. The van der Waals surface area contributed by atoms with Gasteiger partial charge in [-0.05, 0) is 47.5 Å². The predicted molar refractivity (Wildman–Crippen MR) is 228 cm³/mol. The van der Waals surface area contributed by atoms with Gasteiger partial charge in [-0.15, -0.1) is 0 Å². The van der Waals surface area contributed by atoms with E-state index in [2.05, 4.69) is 33.4 Å². The van der Waals surface area contributed by atoms with Gasteiger partial charge in [0.2, 0.25) is 0 Å². The average Bonchev–Trinajstić information content (AvgIpc) is 3.11. The van der Waals surface area contributed by atoms with Gasteiger partial charge in [0.15, 0.2) is 0 Å². The van der Waals surface area contributed by atoms with Crippen LogP contribution in [0, 0.1) is 0 Å². The van der Waals surface area contributed by atoms with Crippen LogP contribution in [0.25, 0.3) is 0 Å². The van der Waals surface area contributed by atoms with Crippen molar-refractivity contribution in [1.29, 1.82) is 0 Å². The molecule has 0 radical (unpaired) electrons. The van der Waals surface area contributed by atoms with Gasteiger partial charge in [0.05, 0.1) is 0 Å². The first kappa shape index (κ1) is 44.6. The van der Waals surface area contributed by atoms with E-state index in [1.165, 1.54) is 180 Å². The van der Waals surface area contributed by atoms with Crippen LogP contribution in [0.3, 0.4) is 0 Å². The van der Waals surface area contributed by atoms with Crippen LogP contribution in [0.5, 0.6) is 0 Å². The lowest BCUT2D eigenvalue weighted by Crippen LogP contribution is -2.48. The lowest BCUT2D eigenvalue weighted by atomic mass is 10.0. The van der Waals surface area contributed by atoms with Gasteiger partial charge in [-0.25, -0.2) is 0 Å². The second-order valence-electron chi connectivity index (χ2n) is 14.8. The van der Waals surface area contributed by atoms with E-state index in [-0.39, 0.29) is 0 Å². The van der Waals surface area contributed by atoms with Gasteiger partial charge in [0.25, 0.3) is 0 Å². The van der Waals surface area contributed by atoms with Gasteiger partial charge < -0.3 is 9.80 Å². The molecule has 0 saturated carbocycles. The molecule has 2 rings (SSSR count). The molecule has 282 valence electrons. The molecule has 0 aromatic rings. The highest BCUT2D eigenvalue weighted by Crippen LogP contribution is 2.29. The zero-order valence-electron chi connectivity index (χ0n) is 31.9. The Balaban J connectivity index is 1.37. The summed E-state index contributed by atoms with van der Waals surface area (Å²) in [5, 5.41) is 0. The van der Waals surface area contributed by atoms with Gasteiger partial charge in [-0.3, -0.25) is 9.80 Å². The Bertz CT molecular complexity index is 692. The summed E-state index contributed by atoms with van der Waals surface area (Å²) in [6.07, 6.45) is 37.1. The highest BCUT2D eigenvalue weighted by molar-refractivity contribution is 8.89. The SMILES string of the molecule is CCCCCCCCCCCCCCCN1CCN(C(=S)SSC(=S)N2CCN(CCCCCCCCCCCCCCC)CC2)CC1. The second kappa shape index (κ2) is 32.1. The van der Waals surface area contributed by atoms with E-state index in [0.29, 0.717) is 0 Å². The van der Waals surface area contributed by atoms with E-state index in [1.54, 1.807) is 21.6 Å². The van der Waals surface area contributed by atoms with Crippen molar-refractivity contribution in [2.24, 2.45) is 0 Å². The number of unbranched alkanes of at least 4 members (excludes halogenated alkanes) is 24. The van der Waals surface area contributed by atoms with Crippen LogP contribution in [-0.2, 0) is 0 Å². The lowest BCUT2D eigenvalue weighted by Gasteiger charge is -2.37. The molecule has 2 aliphatic heterocycles. The monoisotopic (exact) mass is 743 g/mol. The standard InChI is InChI=1S/C40H78N4S4/c1-3-5-7-9-11-13-15-17-19-21-23-25-27-29-41-31-35-43(36-32-41)39(45)47-48-40(46)44-37-33-42(34-38-44)30-28-26-24-22-20-18-16-14-12-10-8-6-4-2/h3-38H2,1-2H3. The summed E-state index contributed by atoms with van der Waals surface area (Å²) in [4.78, 5) is 10.1. The molecule has 2 aliphatic rings. The summed E-state index contributed by atoms with van der Waals surface area (Å²) in [5.74, 6) is 0. The second-order valence-corrected chi connectivity index (χ2v) is 18.2. The molecule has 2 fully saturated rings. The molecule has 0 aromatic carbocycles. The molecule has 0 unspecified atom stereocenters. The number of rotatable bonds is 28. The van der Waals surface area contributed by atoms with Gasteiger partial charge in [0, 0.05) is 52.4 Å². The smallest absolute Gasteiger partial charge is 0.147 e. The highest BCUT2D eigenvalue weighted by atomic mass is 33.1. The van der Waals surface area contributed by atoms with E-state index in [0.717, 1.165) is 61.0 Å². The van der Waals surface area contributed by atoms with Crippen LogP contribution >= 0.6 is 46.0 Å². The number of hydrogen-bond donors (Lipinski definition) is 0. The Labute approximate surface area is 318 Å². The summed E-state index contributed by atoms with van der Waals surface area (Å²) in [5.41, 5.74) is 0. The summed E-state index contributed by atoms with van der Waals surface area (Å²) in [6, 6.07) is 0. The molecule has 4 nitrogen and oxygen atoms in total. The number of hydrogen-bond acceptors (Lipinski definition) is 6. The Morgan fingerprint density at radius 3 is 0.833 bits per heavy atom. The largest absolute Gasteiger partial charge is 0.354 e. The topological polar surface area (TPSA) is 13.0 Å². The summed E-state index contributed by atoms with van der Waals surface area (Å²) >= 11 is 11.7. The average molecular weight is 743 g/mol. The lowest BCUT2D eigenvalue weighted by molar-refractivity contribution is 0.182. The number of piperazine rings is 2. The minimum atomic E-state index is 1.02. The molecule has 0 spiro atoms. The maximum Gasteiger partial charge on any atom is 0.147 e. The van der Waals surface area contributed by atoms with Crippen LogP contribution < -0.4 is 0 Å². The first-order chi connectivity index (χ1) is 23.6. The molecule has 8 heteroatoms. The Morgan fingerprint density at radius 1 is 0.354 bits per heavy atom. The van der Waals surface area contributed by atoms with Gasteiger partial charge in [0.1, 0.15) is 8.64 Å². The molecule has 2 heterocycles. The predicted octanol–water partition coefficient (Wildman–Crippen LogP) is 12.4. The van der Waals surface area contributed by atoms with E-state index < -0.39 is 0 Å². The van der Waals surface area contributed by atoms with Crippen molar-refractivity contribution in [3.05, 3.63) is 0 Å². The number of nitrogens with zero attached hydrogens (tertiary/aromatic N) is 4. The van der Waals surface area contributed by atoms with E-state index in [4.69, 9.17) is 24.4 Å². The minimum Gasteiger partial charge on any atom is -0.354 e. The van der Waals surface area contributed by atoms with Crippen LogP contribution in [0.4, 0.5) is 0 Å². The van der Waals surface area contributed by atoms with E-state index in [9.17, 15) is 0 Å². The summed E-state index contributed by atoms with van der Waals surface area (Å²) in [7, 11) is 3.43. The first-order valence-corrected chi connectivity index (χ1v) is 24.0. The Morgan fingerprint density at radius 2 is 0.583 bits per heavy atom. The minimum absolute atomic E-state index is 1.02. The zero-order chi connectivity index (χ0) is 34.3. The van der Waals surface area contributed by atoms with Gasteiger partial charge in [-0.2, -0.15) is 0 Å². The molecule has 2 saturated heterocycles. The summed E-state index contributed by atoms with van der Waals surface area (Å²) < 4.78 is 2.04. The maximum absolute atomic E-state index is 5.83. The van der Waals surface area contributed by atoms with Crippen molar-refractivity contribution in [1.82, 2.24) is 19.6 Å². The van der Waals surface area contributed by atoms with Gasteiger partial charge in [-0.1, -0.05) is 192 Å². The third-order valence-electron chi connectivity index (χ3n) is 10.6. The normalized spacial score (nSPS) is 16.2. The first-order valence-electron chi connectivity index (χ1n) is 21.0. The maximum atomic E-state index is 5.83. The third kappa shape index (κ3) is 23.8. The molecular formula is C40H78N4S4. The molecule has 48 heavy (non-hydrogen) atoms. The van der Waals surface area contributed by atoms with Crippen molar-refractivity contribution in [3.63, 3.8) is 0 Å². The third-order valence-corrected chi connectivity index (χ3v) is 14.3. The van der Waals surface area contributed by atoms with Crippen molar-refractivity contribution in [3.8, 4) is 0 Å². The number of thiocarbonyl (C=S) groups is 2.